The van der Waals surface area contributed by atoms with Crippen molar-refractivity contribution in [3.05, 3.63) is 97.2 Å². The van der Waals surface area contributed by atoms with Gasteiger partial charge in [-0.3, -0.25) is 0 Å². The number of sulfonamides is 1. The van der Waals surface area contributed by atoms with Crippen LogP contribution in [-0.2, 0) is 10.0 Å². The van der Waals surface area contributed by atoms with E-state index < -0.39 is 10.0 Å². The van der Waals surface area contributed by atoms with Gasteiger partial charge in [-0.25, -0.2) is 23.1 Å². The van der Waals surface area contributed by atoms with E-state index in [2.05, 4.69) is 20.0 Å². The van der Waals surface area contributed by atoms with Crippen LogP contribution in [0.15, 0.2) is 102 Å². The van der Waals surface area contributed by atoms with Gasteiger partial charge in [0, 0.05) is 36.0 Å². The summed E-state index contributed by atoms with van der Waals surface area (Å²) in [5.41, 5.74) is 3.99. The van der Waals surface area contributed by atoms with Crippen LogP contribution < -0.4 is 14.8 Å². The molecule has 0 bridgehead atoms. The summed E-state index contributed by atoms with van der Waals surface area (Å²) in [6.07, 6.45) is 1.68. The minimum atomic E-state index is -3.65. The van der Waals surface area contributed by atoms with Crippen LogP contribution in [0.2, 0.25) is 0 Å². The molecule has 0 unspecified atom stereocenters. The maximum Gasteiger partial charge on any atom is 0.240 e. The van der Waals surface area contributed by atoms with E-state index in [1.807, 2.05) is 48.5 Å². The molecule has 39 heavy (non-hydrogen) atoms. The van der Waals surface area contributed by atoms with Crippen LogP contribution in [0.5, 0.6) is 11.5 Å². The normalized spacial score (nSPS) is 11.3. The summed E-state index contributed by atoms with van der Waals surface area (Å²) >= 11 is 0. The molecule has 5 aromatic rings. The number of nitrogens with zero attached hydrogens (tertiary/aromatic N) is 2. The molecule has 0 saturated carbocycles. The van der Waals surface area contributed by atoms with Crippen molar-refractivity contribution in [1.82, 2.24) is 19.7 Å². The molecule has 198 valence electrons. The summed E-state index contributed by atoms with van der Waals surface area (Å²) in [7, 11) is -2.13. The maximum absolute atomic E-state index is 12.6. The van der Waals surface area contributed by atoms with Gasteiger partial charge in [0.1, 0.15) is 23.1 Å². The molecule has 10 heteroatoms. The smallest absolute Gasteiger partial charge is 0.240 e. The maximum atomic E-state index is 12.6. The lowest BCUT2D eigenvalue weighted by atomic mass is 10.1. The molecule has 0 spiro atoms. The third kappa shape index (κ3) is 6.08. The standard InChI is InChI=1S/C29H27N5O4S/c1-38-24-10-12-25(13-11-24)39(36,37)32-17-16-31-26-19-22(14-15-30-26)28-27(21-8-5-9-23(35)18-21)33-29(34-28)20-6-3-2-4-7-20/h2-15,18-19,32,35H,16-17H2,1H3,(H,30,31)(H,33,34). The molecule has 0 amide bonds. The topological polar surface area (TPSA) is 129 Å². The first-order valence-corrected chi connectivity index (χ1v) is 13.7. The second kappa shape index (κ2) is 11.4. The van der Waals surface area contributed by atoms with Crippen molar-refractivity contribution >= 4 is 15.8 Å². The Kier molecular flexibility index (Phi) is 7.57. The molecule has 2 heterocycles. The number of aromatic amines is 1. The van der Waals surface area contributed by atoms with Gasteiger partial charge in [-0.1, -0.05) is 42.5 Å². The number of phenols is 1. The Balaban J connectivity index is 1.34. The Morgan fingerprint density at radius 3 is 2.38 bits per heavy atom. The zero-order chi connectivity index (χ0) is 27.2. The second-order valence-corrected chi connectivity index (χ2v) is 10.4. The zero-order valence-corrected chi connectivity index (χ0v) is 21.9. The van der Waals surface area contributed by atoms with E-state index in [0.717, 1.165) is 22.4 Å². The van der Waals surface area contributed by atoms with Crippen LogP contribution in [0.25, 0.3) is 33.9 Å². The molecule has 0 fully saturated rings. The number of anilines is 1. The Morgan fingerprint density at radius 1 is 0.872 bits per heavy atom. The highest BCUT2D eigenvalue weighted by molar-refractivity contribution is 7.89. The summed E-state index contributed by atoms with van der Waals surface area (Å²) in [6, 6.07) is 26.7. The number of hydrogen-bond donors (Lipinski definition) is 4. The number of rotatable bonds is 10. The number of aromatic nitrogens is 3. The third-order valence-corrected chi connectivity index (χ3v) is 7.49. The molecule has 0 saturated heterocycles. The Hall–Kier alpha value is -4.67. The molecule has 0 atom stereocenters. The number of hydrogen-bond acceptors (Lipinski definition) is 7. The van der Waals surface area contributed by atoms with E-state index in [4.69, 9.17) is 9.72 Å². The van der Waals surface area contributed by atoms with Crippen LogP contribution in [0.4, 0.5) is 5.82 Å². The van der Waals surface area contributed by atoms with Gasteiger partial charge in [0.25, 0.3) is 0 Å². The molecule has 4 N–H and O–H groups in total. The first-order chi connectivity index (χ1) is 18.9. The first-order valence-electron chi connectivity index (χ1n) is 12.2. The Bertz CT molecular complexity index is 1670. The number of nitrogens with one attached hydrogen (secondary N) is 3. The molecule has 5 rings (SSSR count). The van der Waals surface area contributed by atoms with Gasteiger partial charge >= 0.3 is 0 Å². The van der Waals surface area contributed by atoms with Crippen molar-refractivity contribution < 1.29 is 18.3 Å². The average Bonchev–Trinajstić information content (AvgIpc) is 3.42. The fraction of sp³-hybridized carbons (Fsp3) is 0.103. The van der Waals surface area contributed by atoms with E-state index in [1.54, 1.807) is 36.5 Å². The van der Waals surface area contributed by atoms with Gasteiger partial charge in [0.15, 0.2) is 0 Å². The number of methoxy groups -OCH3 is 1. The zero-order valence-electron chi connectivity index (χ0n) is 21.1. The van der Waals surface area contributed by atoms with E-state index in [0.29, 0.717) is 29.6 Å². The van der Waals surface area contributed by atoms with E-state index in [1.165, 1.54) is 19.2 Å². The molecule has 3 aromatic carbocycles. The van der Waals surface area contributed by atoms with Crippen molar-refractivity contribution in [2.45, 2.75) is 4.90 Å². The summed E-state index contributed by atoms with van der Waals surface area (Å²) in [5, 5.41) is 13.2. The average molecular weight is 542 g/mol. The molecule has 0 aliphatic heterocycles. The summed E-state index contributed by atoms with van der Waals surface area (Å²) in [4.78, 5) is 12.8. The lowest BCUT2D eigenvalue weighted by Gasteiger charge is -2.10. The predicted octanol–water partition coefficient (Wildman–Crippen LogP) is 4.91. The number of H-pyrrole nitrogens is 1. The van der Waals surface area contributed by atoms with Gasteiger partial charge < -0.3 is 20.1 Å². The number of phenolic OH excluding ortho intramolecular Hbond substituents is 1. The molecular formula is C29H27N5O4S. The minimum Gasteiger partial charge on any atom is -0.508 e. The minimum absolute atomic E-state index is 0.150. The number of ether oxygens (including phenoxy) is 1. The Labute approximate surface area is 226 Å². The van der Waals surface area contributed by atoms with E-state index in [9.17, 15) is 13.5 Å². The van der Waals surface area contributed by atoms with Gasteiger partial charge in [-0.05, 0) is 48.5 Å². The fourth-order valence-electron chi connectivity index (χ4n) is 4.07. The first kappa shape index (κ1) is 26.0. The number of benzene rings is 3. The van der Waals surface area contributed by atoms with Crippen molar-refractivity contribution in [3.63, 3.8) is 0 Å². The molecule has 0 radical (unpaired) electrons. The van der Waals surface area contributed by atoms with Crippen LogP contribution in [0.1, 0.15) is 0 Å². The molecule has 2 aromatic heterocycles. The van der Waals surface area contributed by atoms with E-state index in [-0.39, 0.29) is 17.2 Å². The number of imidazole rings is 1. The quantitative estimate of drug-likeness (QED) is 0.185. The SMILES string of the molecule is COc1ccc(S(=O)(=O)NCCNc2cc(-c3[nH]c(-c4ccccc4)nc3-c3cccc(O)c3)ccn2)cc1. The van der Waals surface area contributed by atoms with Gasteiger partial charge in [-0.2, -0.15) is 0 Å². The van der Waals surface area contributed by atoms with Crippen LogP contribution in [0.3, 0.4) is 0 Å². The third-order valence-electron chi connectivity index (χ3n) is 6.01. The molecule has 0 aliphatic carbocycles. The molecular weight excluding hydrogens is 514 g/mol. The monoisotopic (exact) mass is 541 g/mol. The summed E-state index contributed by atoms with van der Waals surface area (Å²) in [6.45, 7) is 0.487. The van der Waals surface area contributed by atoms with Crippen LogP contribution in [-0.4, -0.2) is 48.7 Å². The van der Waals surface area contributed by atoms with Crippen molar-refractivity contribution in [3.8, 4) is 45.4 Å². The Morgan fingerprint density at radius 2 is 1.64 bits per heavy atom. The van der Waals surface area contributed by atoms with Crippen LogP contribution in [0, 0.1) is 0 Å². The second-order valence-electron chi connectivity index (χ2n) is 8.66. The lowest BCUT2D eigenvalue weighted by Crippen LogP contribution is -2.29. The highest BCUT2D eigenvalue weighted by atomic mass is 32.2. The van der Waals surface area contributed by atoms with Gasteiger partial charge in [-0.15, -0.1) is 0 Å². The van der Waals surface area contributed by atoms with Crippen LogP contribution >= 0.6 is 0 Å². The predicted molar refractivity (Wildman–Crippen MR) is 151 cm³/mol. The molecule has 9 nitrogen and oxygen atoms in total. The summed E-state index contributed by atoms with van der Waals surface area (Å²) in [5.74, 6) is 2.01. The van der Waals surface area contributed by atoms with Gasteiger partial charge in [0.05, 0.1) is 23.4 Å². The van der Waals surface area contributed by atoms with Crippen molar-refractivity contribution in [1.29, 1.82) is 0 Å². The largest absolute Gasteiger partial charge is 0.508 e. The van der Waals surface area contributed by atoms with E-state index >= 15 is 0 Å². The molecule has 0 aliphatic rings. The van der Waals surface area contributed by atoms with Crippen molar-refractivity contribution in [2.75, 3.05) is 25.5 Å². The summed E-state index contributed by atoms with van der Waals surface area (Å²) < 4.78 is 32.8. The fourth-order valence-corrected chi connectivity index (χ4v) is 5.11. The van der Waals surface area contributed by atoms with Crippen molar-refractivity contribution in [2.24, 2.45) is 0 Å². The van der Waals surface area contributed by atoms with Gasteiger partial charge in [0.2, 0.25) is 10.0 Å². The highest BCUT2D eigenvalue weighted by Gasteiger charge is 2.17. The highest BCUT2D eigenvalue weighted by Crippen LogP contribution is 2.34. The number of aromatic hydroxyl groups is 1. The number of pyridine rings is 1. The lowest BCUT2D eigenvalue weighted by molar-refractivity contribution is 0.414.